The number of likely N-dealkylation sites (N-methyl/N-ethyl adjacent to an activating group) is 1. The summed E-state index contributed by atoms with van der Waals surface area (Å²) in [4.78, 5) is 27.6. The minimum absolute atomic E-state index is 0.0438. The Bertz CT molecular complexity index is 553. The van der Waals surface area contributed by atoms with Crippen molar-refractivity contribution < 1.29 is 9.59 Å². The van der Waals surface area contributed by atoms with Crippen LogP contribution in [-0.2, 0) is 22.7 Å². The highest BCUT2D eigenvalue weighted by Gasteiger charge is 2.15. The van der Waals surface area contributed by atoms with Crippen molar-refractivity contribution in [3.8, 4) is 0 Å². The van der Waals surface area contributed by atoms with Gasteiger partial charge >= 0.3 is 0 Å². The summed E-state index contributed by atoms with van der Waals surface area (Å²) < 4.78 is 0. The van der Waals surface area contributed by atoms with E-state index >= 15 is 0 Å². The third-order valence-corrected chi connectivity index (χ3v) is 4.46. The minimum atomic E-state index is -0.334. The third-order valence-electron chi connectivity index (χ3n) is 4.46. The summed E-state index contributed by atoms with van der Waals surface area (Å²) in [5, 5.41) is 5.23. The Morgan fingerprint density at radius 2 is 1.56 bits per heavy atom. The standard InChI is InChI=1S/C18H29N5O2/c1-2-22-7-9-23(10-8-22)14-16-5-3-15(4-6-16)12-20-18(25)13-21-17(24)11-19/h3-6H,2,7-14,19H2,1H3,(H,20,25)(H,21,24). The first-order valence-corrected chi connectivity index (χ1v) is 8.86. The van der Waals surface area contributed by atoms with Crippen LogP contribution < -0.4 is 16.4 Å². The number of nitrogens with two attached hydrogens (primary N) is 1. The second-order valence-corrected chi connectivity index (χ2v) is 6.28. The molecule has 138 valence electrons. The molecule has 0 aliphatic carbocycles. The maximum absolute atomic E-state index is 11.6. The Kier molecular flexibility index (Phi) is 7.84. The van der Waals surface area contributed by atoms with E-state index in [0.29, 0.717) is 6.54 Å². The van der Waals surface area contributed by atoms with Crippen molar-refractivity contribution >= 4 is 11.8 Å². The maximum atomic E-state index is 11.6. The van der Waals surface area contributed by atoms with Gasteiger partial charge in [-0.05, 0) is 17.7 Å². The van der Waals surface area contributed by atoms with Gasteiger partial charge in [-0.1, -0.05) is 31.2 Å². The van der Waals surface area contributed by atoms with Crippen LogP contribution in [0.1, 0.15) is 18.1 Å². The van der Waals surface area contributed by atoms with E-state index in [1.54, 1.807) is 0 Å². The summed E-state index contributed by atoms with van der Waals surface area (Å²) in [6.45, 7) is 9.11. The molecule has 0 unspecified atom stereocenters. The van der Waals surface area contributed by atoms with E-state index in [1.807, 2.05) is 12.1 Å². The molecular formula is C18H29N5O2. The molecule has 2 amide bonds. The maximum Gasteiger partial charge on any atom is 0.239 e. The van der Waals surface area contributed by atoms with E-state index in [2.05, 4.69) is 39.5 Å². The number of carbonyl (C=O) groups is 2. The van der Waals surface area contributed by atoms with Crippen LogP contribution in [-0.4, -0.2) is 67.4 Å². The first kappa shape index (κ1) is 19.4. The molecule has 1 aromatic rings. The summed E-state index contributed by atoms with van der Waals surface area (Å²) >= 11 is 0. The second kappa shape index (κ2) is 10.1. The highest BCUT2D eigenvalue weighted by Crippen LogP contribution is 2.10. The molecule has 0 saturated carbocycles. The van der Waals surface area contributed by atoms with Gasteiger partial charge in [0, 0.05) is 39.3 Å². The van der Waals surface area contributed by atoms with Crippen molar-refractivity contribution in [2.24, 2.45) is 5.73 Å². The summed E-state index contributed by atoms with van der Waals surface area (Å²) in [6, 6.07) is 8.31. The van der Waals surface area contributed by atoms with E-state index in [0.717, 1.165) is 44.8 Å². The predicted molar refractivity (Wildman–Crippen MR) is 97.7 cm³/mol. The number of benzene rings is 1. The lowest BCUT2D eigenvalue weighted by Crippen LogP contribution is -2.45. The van der Waals surface area contributed by atoms with Crippen molar-refractivity contribution in [2.45, 2.75) is 20.0 Å². The molecule has 0 atom stereocenters. The zero-order valence-electron chi connectivity index (χ0n) is 15.0. The van der Waals surface area contributed by atoms with Gasteiger partial charge in [0.15, 0.2) is 0 Å². The summed E-state index contributed by atoms with van der Waals surface area (Å²) in [7, 11) is 0. The molecule has 1 aromatic carbocycles. The molecule has 1 aliphatic rings. The Morgan fingerprint density at radius 3 is 2.16 bits per heavy atom. The third kappa shape index (κ3) is 6.81. The van der Waals surface area contributed by atoms with Gasteiger partial charge in [-0.3, -0.25) is 14.5 Å². The number of hydrogen-bond acceptors (Lipinski definition) is 5. The number of nitrogens with one attached hydrogen (secondary N) is 2. The molecule has 25 heavy (non-hydrogen) atoms. The lowest BCUT2D eigenvalue weighted by molar-refractivity contribution is -0.125. The van der Waals surface area contributed by atoms with Crippen LogP contribution in [0.4, 0.5) is 0 Å². The quantitative estimate of drug-likeness (QED) is 0.591. The van der Waals surface area contributed by atoms with Gasteiger partial charge in [0.05, 0.1) is 13.1 Å². The highest BCUT2D eigenvalue weighted by molar-refractivity contribution is 5.85. The molecular weight excluding hydrogens is 318 g/mol. The fourth-order valence-corrected chi connectivity index (χ4v) is 2.80. The first-order valence-electron chi connectivity index (χ1n) is 8.86. The normalized spacial score (nSPS) is 15.8. The molecule has 2 rings (SSSR count). The van der Waals surface area contributed by atoms with Crippen molar-refractivity contribution in [3.05, 3.63) is 35.4 Å². The SMILES string of the molecule is CCN1CCN(Cc2ccc(CNC(=O)CNC(=O)CN)cc2)CC1. The lowest BCUT2D eigenvalue weighted by atomic mass is 10.1. The smallest absolute Gasteiger partial charge is 0.239 e. The van der Waals surface area contributed by atoms with Crippen LogP contribution in [0.15, 0.2) is 24.3 Å². The van der Waals surface area contributed by atoms with Gasteiger partial charge in [0.2, 0.25) is 11.8 Å². The molecule has 7 nitrogen and oxygen atoms in total. The van der Waals surface area contributed by atoms with E-state index in [9.17, 15) is 9.59 Å². The van der Waals surface area contributed by atoms with Crippen molar-refractivity contribution in [1.82, 2.24) is 20.4 Å². The van der Waals surface area contributed by atoms with Crippen LogP contribution in [0.25, 0.3) is 0 Å². The zero-order valence-corrected chi connectivity index (χ0v) is 15.0. The Morgan fingerprint density at radius 1 is 0.960 bits per heavy atom. The van der Waals surface area contributed by atoms with Crippen LogP contribution in [0.2, 0.25) is 0 Å². The fraction of sp³-hybridized carbons (Fsp3) is 0.556. The van der Waals surface area contributed by atoms with Gasteiger partial charge < -0.3 is 21.3 Å². The molecule has 1 heterocycles. The van der Waals surface area contributed by atoms with Crippen LogP contribution >= 0.6 is 0 Å². The molecule has 0 radical (unpaired) electrons. The fourth-order valence-electron chi connectivity index (χ4n) is 2.80. The predicted octanol–water partition coefficient (Wildman–Crippen LogP) is -0.485. The minimum Gasteiger partial charge on any atom is -0.350 e. The average Bonchev–Trinajstić information content (AvgIpc) is 2.66. The number of hydrogen-bond donors (Lipinski definition) is 3. The molecule has 0 aromatic heterocycles. The number of amides is 2. The van der Waals surface area contributed by atoms with Crippen molar-refractivity contribution in [2.75, 3.05) is 45.8 Å². The van der Waals surface area contributed by atoms with E-state index in [4.69, 9.17) is 5.73 Å². The summed E-state index contributed by atoms with van der Waals surface area (Å²) in [6.07, 6.45) is 0. The monoisotopic (exact) mass is 347 g/mol. The first-order chi connectivity index (χ1) is 12.1. The number of rotatable bonds is 8. The van der Waals surface area contributed by atoms with Crippen LogP contribution in [0.5, 0.6) is 0 Å². The molecule has 1 fully saturated rings. The highest BCUT2D eigenvalue weighted by atomic mass is 16.2. The van der Waals surface area contributed by atoms with Crippen molar-refractivity contribution in [3.63, 3.8) is 0 Å². The van der Waals surface area contributed by atoms with Gasteiger partial charge in [0.1, 0.15) is 0 Å². The Hall–Kier alpha value is -1.96. The average molecular weight is 347 g/mol. The summed E-state index contributed by atoms with van der Waals surface area (Å²) in [5.74, 6) is -0.557. The summed E-state index contributed by atoms with van der Waals surface area (Å²) in [5.41, 5.74) is 7.50. The van der Waals surface area contributed by atoms with Gasteiger partial charge in [-0.15, -0.1) is 0 Å². The molecule has 0 bridgehead atoms. The topological polar surface area (TPSA) is 90.7 Å². The zero-order chi connectivity index (χ0) is 18.1. The number of carbonyl (C=O) groups excluding carboxylic acids is 2. The van der Waals surface area contributed by atoms with E-state index in [1.165, 1.54) is 5.56 Å². The Balaban J connectivity index is 1.71. The largest absolute Gasteiger partial charge is 0.350 e. The van der Waals surface area contributed by atoms with Gasteiger partial charge in [0.25, 0.3) is 0 Å². The number of nitrogens with zero attached hydrogens (tertiary/aromatic N) is 2. The second-order valence-electron chi connectivity index (χ2n) is 6.28. The van der Waals surface area contributed by atoms with Gasteiger partial charge in [-0.25, -0.2) is 0 Å². The molecule has 1 saturated heterocycles. The Labute approximate surface area is 149 Å². The molecule has 7 heteroatoms. The van der Waals surface area contributed by atoms with E-state index < -0.39 is 0 Å². The molecule has 1 aliphatic heterocycles. The molecule has 0 spiro atoms. The van der Waals surface area contributed by atoms with Crippen LogP contribution in [0.3, 0.4) is 0 Å². The number of piperazine rings is 1. The van der Waals surface area contributed by atoms with E-state index in [-0.39, 0.29) is 24.9 Å². The van der Waals surface area contributed by atoms with Crippen LogP contribution in [0, 0.1) is 0 Å². The lowest BCUT2D eigenvalue weighted by Gasteiger charge is -2.34. The van der Waals surface area contributed by atoms with Crippen molar-refractivity contribution in [1.29, 1.82) is 0 Å². The molecule has 4 N–H and O–H groups in total. The van der Waals surface area contributed by atoms with Gasteiger partial charge in [-0.2, -0.15) is 0 Å².